The maximum atomic E-state index is 13.3. The van der Waals surface area contributed by atoms with E-state index < -0.39 is 42.2 Å². The molecule has 3 aliphatic rings. The van der Waals surface area contributed by atoms with Crippen LogP contribution in [0.25, 0.3) is 0 Å². The minimum Gasteiger partial charge on any atom is -0.478 e. The molecule has 1 amide bonds. The van der Waals surface area contributed by atoms with E-state index in [0.29, 0.717) is 19.3 Å². The summed E-state index contributed by atoms with van der Waals surface area (Å²) in [7, 11) is 1.39. The van der Waals surface area contributed by atoms with E-state index >= 15 is 0 Å². The number of aliphatic carboxylic acids is 1. The predicted molar refractivity (Wildman–Crippen MR) is 149 cm³/mol. The molecule has 0 aliphatic carbocycles. The van der Waals surface area contributed by atoms with Crippen molar-refractivity contribution in [3.05, 3.63) is 48.6 Å². The molecule has 0 aromatic carbocycles. The number of hydrogen-bond acceptors (Lipinski definition) is 9. The molecule has 4 N–H and O–H groups in total. The van der Waals surface area contributed by atoms with Crippen molar-refractivity contribution in [3.63, 3.8) is 0 Å². The van der Waals surface area contributed by atoms with Gasteiger partial charge in [-0.3, -0.25) is 4.79 Å². The van der Waals surface area contributed by atoms with Crippen LogP contribution in [0.4, 0.5) is 0 Å². The molecule has 0 aromatic heterocycles. The number of nitrogens with one attached hydrogen (secondary N) is 1. The summed E-state index contributed by atoms with van der Waals surface area (Å²) in [6.07, 6.45) is 5.86. The van der Waals surface area contributed by atoms with Gasteiger partial charge in [0.05, 0.1) is 24.4 Å². The Morgan fingerprint density at radius 3 is 2.59 bits per heavy atom. The molecular weight excluding hydrogens is 534 g/mol. The van der Waals surface area contributed by atoms with Gasteiger partial charge < -0.3 is 44.3 Å². The van der Waals surface area contributed by atoms with Crippen LogP contribution >= 0.6 is 0 Å². The number of carbonyl (C=O) groups is 2. The fourth-order valence-corrected chi connectivity index (χ4v) is 5.43. The molecule has 3 fully saturated rings. The molecule has 11 heteroatoms. The zero-order valence-corrected chi connectivity index (χ0v) is 24.5. The second-order valence-corrected chi connectivity index (χ2v) is 11.7. The van der Waals surface area contributed by atoms with Crippen LogP contribution in [0.3, 0.4) is 0 Å². The van der Waals surface area contributed by atoms with Gasteiger partial charge in [-0.2, -0.15) is 0 Å². The average Bonchev–Trinajstić information content (AvgIpc) is 2.90. The molecule has 9 atom stereocenters. The lowest BCUT2D eigenvalue weighted by Crippen LogP contribution is -2.65. The lowest BCUT2D eigenvalue weighted by atomic mass is 9.75. The summed E-state index contributed by atoms with van der Waals surface area (Å²) in [4.78, 5) is 23.8. The van der Waals surface area contributed by atoms with Gasteiger partial charge in [-0.25, -0.2) is 4.79 Å². The van der Waals surface area contributed by atoms with Gasteiger partial charge in [0.2, 0.25) is 5.79 Å². The molecule has 41 heavy (non-hydrogen) atoms. The number of methoxy groups -OCH3 is 1. The SMILES string of the molecule is C=C1C[C@](OC)([C@H](O)C(=O)N[C@H]2OCO[C@@H]3CC(C)(C)[C@@H](C[C@H](O)/C=C/C/C=C/C=C/C(=O)O)O[C@@H]32)O[C@H](C)[C@@H]1C. The van der Waals surface area contributed by atoms with E-state index in [0.717, 1.165) is 11.6 Å². The number of carbonyl (C=O) groups excluding carboxylic acids is 1. The molecular formula is C30H45NO10. The maximum absolute atomic E-state index is 13.3. The molecule has 0 spiro atoms. The van der Waals surface area contributed by atoms with Crippen LogP contribution in [0.1, 0.15) is 53.4 Å². The molecule has 0 radical (unpaired) electrons. The first-order valence-electron chi connectivity index (χ1n) is 14.0. The molecule has 0 unspecified atom stereocenters. The minimum atomic E-state index is -1.65. The summed E-state index contributed by atoms with van der Waals surface area (Å²) in [6.45, 7) is 11.9. The summed E-state index contributed by atoms with van der Waals surface area (Å²) in [6, 6.07) is 0. The highest BCUT2D eigenvalue weighted by atomic mass is 16.7. The van der Waals surface area contributed by atoms with E-state index in [1.807, 2.05) is 27.7 Å². The number of fused-ring (bicyclic) bond motifs is 1. The lowest BCUT2D eigenvalue weighted by Gasteiger charge is -2.50. The molecule has 0 bridgehead atoms. The van der Waals surface area contributed by atoms with E-state index in [1.165, 1.54) is 13.2 Å². The molecule has 3 aliphatic heterocycles. The van der Waals surface area contributed by atoms with Crippen molar-refractivity contribution in [3.8, 4) is 0 Å². The van der Waals surface area contributed by atoms with Gasteiger partial charge in [-0.15, -0.1) is 0 Å². The third kappa shape index (κ3) is 8.35. The summed E-state index contributed by atoms with van der Waals surface area (Å²) in [5, 5.41) is 33.1. The Kier molecular flexibility index (Phi) is 11.5. The smallest absolute Gasteiger partial charge is 0.328 e. The van der Waals surface area contributed by atoms with Crippen molar-refractivity contribution in [2.75, 3.05) is 13.9 Å². The molecule has 3 rings (SSSR count). The van der Waals surface area contributed by atoms with E-state index in [-0.39, 0.29) is 42.9 Å². The zero-order valence-electron chi connectivity index (χ0n) is 24.5. The van der Waals surface area contributed by atoms with Gasteiger partial charge in [-0.05, 0) is 25.2 Å². The highest BCUT2D eigenvalue weighted by Crippen LogP contribution is 2.42. The minimum absolute atomic E-state index is 0.0479. The summed E-state index contributed by atoms with van der Waals surface area (Å²) in [5.74, 6) is -3.27. The van der Waals surface area contributed by atoms with Crippen LogP contribution in [-0.4, -0.2) is 89.7 Å². The number of allylic oxidation sites excluding steroid dienone is 4. The Morgan fingerprint density at radius 2 is 1.93 bits per heavy atom. The van der Waals surface area contributed by atoms with E-state index in [1.54, 1.807) is 24.3 Å². The molecule has 3 saturated heterocycles. The number of carboxylic acid groups (broad SMARTS) is 1. The van der Waals surface area contributed by atoms with Crippen molar-refractivity contribution < 1.29 is 48.6 Å². The van der Waals surface area contributed by atoms with Crippen molar-refractivity contribution in [2.24, 2.45) is 11.3 Å². The van der Waals surface area contributed by atoms with E-state index in [9.17, 15) is 19.8 Å². The Balaban J connectivity index is 1.63. The molecule has 0 aromatic rings. The van der Waals surface area contributed by atoms with Gasteiger partial charge in [0.1, 0.15) is 12.9 Å². The van der Waals surface area contributed by atoms with Crippen molar-refractivity contribution in [1.29, 1.82) is 0 Å². The Bertz CT molecular complexity index is 1020. The zero-order chi connectivity index (χ0) is 30.4. The van der Waals surface area contributed by atoms with Crippen LogP contribution in [0.15, 0.2) is 48.6 Å². The van der Waals surface area contributed by atoms with Gasteiger partial charge >= 0.3 is 5.97 Å². The monoisotopic (exact) mass is 579 g/mol. The number of aliphatic hydroxyl groups excluding tert-OH is 2. The third-order valence-corrected chi connectivity index (χ3v) is 8.19. The number of ether oxygens (including phenoxy) is 5. The highest BCUT2D eigenvalue weighted by molar-refractivity contribution is 5.82. The maximum Gasteiger partial charge on any atom is 0.328 e. The lowest BCUT2D eigenvalue weighted by molar-refractivity contribution is -0.306. The second kappa shape index (κ2) is 14.2. The van der Waals surface area contributed by atoms with Crippen LogP contribution in [0.2, 0.25) is 0 Å². The normalized spacial score (nSPS) is 35.4. The van der Waals surface area contributed by atoms with Crippen LogP contribution in [0, 0.1) is 11.3 Å². The van der Waals surface area contributed by atoms with Crippen LogP contribution < -0.4 is 5.32 Å². The number of amides is 1. The second-order valence-electron chi connectivity index (χ2n) is 11.7. The van der Waals surface area contributed by atoms with Gasteiger partial charge in [0.15, 0.2) is 12.3 Å². The molecule has 11 nitrogen and oxygen atoms in total. The standard InChI is InChI=1S/C30H45NO10/c1-18-15-30(37-6,41-20(3)19(18)2)26(35)27(36)31-28-25-22(38-17-39-28)16-29(4,5)23(40-25)14-21(32)12-10-8-7-9-11-13-24(33)34/h7,9-13,19-23,25-26,28,32,35H,1,8,14-17H2,2-6H3,(H,31,36)(H,33,34)/b9-7+,12-10+,13-11+/t19-,20-,21-,22-,23-,25+,26-,28+,30-/m1/s1. The number of aliphatic hydroxyl groups is 2. The molecule has 3 heterocycles. The van der Waals surface area contributed by atoms with Gasteiger partial charge in [-0.1, -0.05) is 63.3 Å². The summed E-state index contributed by atoms with van der Waals surface area (Å²) in [5.41, 5.74) is 0.478. The van der Waals surface area contributed by atoms with Crippen molar-refractivity contribution >= 4 is 11.9 Å². The first-order chi connectivity index (χ1) is 19.3. The first-order valence-corrected chi connectivity index (χ1v) is 14.0. The number of rotatable bonds is 11. The number of carboxylic acids is 1. The van der Waals surface area contributed by atoms with Gasteiger partial charge in [0, 0.05) is 31.9 Å². The van der Waals surface area contributed by atoms with Crippen molar-refractivity contribution in [1.82, 2.24) is 5.32 Å². The Morgan fingerprint density at radius 1 is 1.20 bits per heavy atom. The van der Waals surface area contributed by atoms with Crippen LogP contribution in [0.5, 0.6) is 0 Å². The Hall–Kier alpha value is -2.38. The quantitative estimate of drug-likeness (QED) is 0.163. The fourth-order valence-electron chi connectivity index (χ4n) is 5.43. The highest BCUT2D eigenvalue weighted by Gasteiger charge is 2.52. The topological polar surface area (TPSA) is 153 Å². The summed E-state index contributed by atoms with van der Waals surface area (Å²) < 4.78 is 29.5. The molecule has 0 saturated carbocycles. The fraction of sp³-hybridized carbons (Fsp3) is 0.667. The Labute approximate surface area is 241 Å². The predicted octanol–water partition coefficient (Wildman–Crippen LogP) is 2.58. The first kappa shape index (κ1) is 33.1. The summed E-state index contributed by atoms with van der Waals surface area (Å²) >= 11 is 0. The average molecular weight is 580 g/mol. The third-order valence-electron chi connectivity index (χ3n) is 8.19. The largest absolute Gasteiger partial charge is 0.478 e. The van der Waals surface area contributed by atoms with E-state index in [4.69, 9.17) is 28.8 Å². The number of hydrogen-bond donors (Lipinski definition) is 4. The van der Waals surface area contributed by atoms with E-state index in [2.05, 4.69) is 11.9 Å². The van der Waals surface area contributed by atoms with Crippen LogP contribution in [-0.2, 0) is 33.3 Å². The van der Waals surface area contributed by atoms with Crippen molar-refractivity contribution in [2.45, 2.75) is 102 Å². The van der Waals surface area contributed by atoms with Gasteiger partial charge in [0.25, 0.3) is 5.91 Å². The molecule has 230 valence electrons.